The number of hydrogen-bond donors (Lipinski definition) is 2. The van der Waals surface area contributed by atoms with Gasteiger partial charge in [0.05, 0.1) is 11.8 Å². The summed E-state index contributed by atoms with van der Waals surface area (Å²) in [6.45, 7) is 4.12. The highest BCUT2D eigenvalue weighted by atomic mass is 16.5. The SMILES string of the molecule is CN1[C@@H](CC(=O)N2CCC3(CCOCC3)CC2)CC[C@H]1CNC(=O)c1cn[nH]c1. The molecule has 4 rings (SSSR count). The number of rotatable bonds is 5. The van der Waals surface area contributed by atoms with E-state index < -0.39 is 0 Å². The molecule has 29 heavy (non-hydrogen) atoms. The first-order chi connectivity index (χ1) is 14.1. The smallest absolute Gasteiger partial charge is 0.254 e. The Morgan fingerprint density at radius 1 is 1.21 bits per heavy atom. The lowest BCUT2D eigenvalue weighted by atomic mass is 9.72. The van der Waals surface area contributed by atoms with E-state index in [1.165, 1.54) is 6.20 Å². The molecule has 1 spiro atoms. The van der Waals surface area contributed by atoms with E-state index in [4.69, 9.17) is 4.74 Å². The maximum absolute atomic E-state index is 12.9. The van der Waals surface area contributed by atoms with Gasteiger partial charge in [-0.3, -0.25) is 19.6 Å². The summed E-state index contributed by atoms with van der Waals surface area (Å²) in [5.74, 6) is 0.175. The third-order valence-electron chi connectivity index (χ3n) is 7.38. The van der Waals surface area contributed by atoms with Gasteiger partial charge in [0, 0.05) is 57.5 Å². The number of nitrogens with zero attached hydrogens (tertiary/aromatic N) is 3. The monoisotopic (exact) mass is 403 g/mol. The van der Waals surface area contributed by atoms with Gasteiger partial charge in [0.2, 0.25) is 5.91 Å². The van der Waals surface area contributed by atoms with E-state index in [1.807, 2.05) is 0 Å². The lowest BCUT2D eigenvalue weighted by molar-refractivity contribution is -0.135. The Morgan fingerprint density at radius 2 is 1.93 bits per heavy atom. The fourth-order valence-corrected chi connectivity index (χ4v) is 5.14. The summed E-state index contributed by atoms with van der Waals surface area (Å²) in [5, 5.41) is 9.45. The maximum atomic E-state index is 12.9. The fourth-order valence-electron chi connectivity index (χ4n) is 5.14. The van der Waals surface area contributed by atoms with Gasteiger partial charge in [-0.1, -0.05) is 0 Å². The number of carbonyl (C=O) groups is 2. The minimum Gasteiger partial charge on any atom is -0.381 e. The minimum atomic E-state index is -0.109. The number of amides is 2. The van der Waals surface area contributed by atoms with Crippen molar-refractivity contribution in [3.8, 4) is 0 Å². The fraction of sp³-hybridized carbons (Fsp3) is 0.762. The second-order valence-electron chi connectivity index (χ2n) is 8.94. The van der Waals surface area contributed by atoms with Crippen molar-refractivity contribution in [2.45, 2.75) is 57.0 Å². The Hall–Kier alpha value is -1.93. The predicted molar refractivity (Wildman–Crippen MR) is 108 cm³/mol. The summed E-state index contributed by atoms with van der Waals surface area (Å²) in [7, 11) is 2.08. The van der Waals surface area contributed by atoms with E-state index in [0.717, 1.165) is 64.8 Å². The van der Waals surface area contributed by atoms with E-state index >= 15 is 0 Å². The number of nitrogens with one attached hydrogen (secondary N) is 2. The first-order valence-corrected chi connectivity index (χ1v) is 10.9. The molecule has 0 bridgehead atoms. The Morgan fingerprint density at radius 3 is 2.62 bits per heavy atom. The van der Waals surface area contributed by atoms with Crippen LogP contribution in [0.5, 0.6) is 0 Å². The summed E-state index contributed by atoms with van der Waals surface area (Å²) < 4.78 is 5.52. The van der Waals surface area contributed by atoms with Crippen LogP contribution in [0.15, 0.2) is 12.4 Å². The van der Waals surface area contributed by atoms with Crippen molar-refractivity contribution in [2.24, 2.45) is 5.41 Å². The molecule has 3 aliphatic heterocycles. The Bertz CT molecular complexity index is 691. The number of piperidine rings is 1. The van der Waals surface area contributed by atoms with Crippen LogP contribution in [0.1, 0.15) is 55.3 Å². The van der Waals surface area contributed by atoms with Crippen LogP contribution in [-0.2, 0) is 9.53 Å². The molecule has 0 unspecified atom stereocenters. The second kappa shape index (κ2) is 8.83. The molecule has 2 amide bonds. The normalized spacial score (nSPS) is 27.3. The van der Waals surface area contributed by atoms with E-state index in [9.17, 15) is 9.59 Å². The van der Waals surface area contributed by atoms with Crippen LogP contribution < -0.4 is 5.32 Å². The van der Waals surface area contributed by atoms with E-state index in [-0.39, 0.29) is 23.9 Å². The molecule has 0 aromatic carbocycles. The molecule has 0 radical (unpaired) electrons. The minimum absolute atomic E-state index is 0.109. The molecule has 3 fully saturated rings. The van der Waals surface area contributed by atoms with Gasteiger partial charge in [-0.15, -0.1) is 0 Å². The van der Waals surface area contributed by atoms with E-state index in [2.05, 4.69) is 32.4 Å². The molecule has 4 heterocycles. The van der Waals surface area contributed by atoms with Crippen molar-refractivity contribution in [3.63, 3.8) is 0 Å². The highest BCUT2D eigenvalue weighted by Gasteiger charge is 2.38. The summed E-state index contributed by atoms with van der Waals surface area (Å²) >= 11 is 0. The van der Waals surface area contributed by atoms with Crippen LogP contribution in [0, 0.1) is 5.41 Å². The third-order valence-corrected chi connectivity index (χ3v) is 7.38. The molecule has 0 saturated carbocycles. The van der Waals surface area contributed by atoms with Crippen molar-refractivity contribution in [1.29, 1.82) is 0 Å². The van der Waals surface area contributed by atoms with Gasteiger partial charge < -0.3 is 15.0 Å². The summed E-state index contributed by atoms with van der Waals surface area (Å²) in [6.07, 6.45) is 10.2. The zero-order valence-corrected chi connectivity index (χ0v) is 17.4. The van der Waals surface area contributed by atoms with Crippen LogP contribution in [0.2, 0.25) is 0 Å². The quantitative estimate of drug-likeness (QED) is 0.776. The lowest BCUT2D eigenvalue weighted by Gasteiger charge is -2.44. The maximum Gasteiger partial charge on any atom is 0.254 e. The van der Waals surface area contributed by atoms with Crippen LogP contribution in [-0.4, -0.2) is 83.8 Å². The van der Waals surface area contributed by atoms with Crippen LogP contribution in [0.4, 0.5) is 0 Å². The highest BCUT2D eigenvalue weighted by molar-refractivity contribution is 5.93. The van der Waals surface area contributed by atoms with Crippen LogP contribution >= 0.6 is 0 Å². The molecular formula is C21H33N5O3. The molecule has 2 atom stereocenters. The third kappa shape index (κ3) is 4.64. The molecule has 3 aliphatic rings. The van der Waals surface area contributed by atoms with Crippen molar-refractivity contribution in [2.75, 3.05) is 39.9 Å². The number of ether oxygens (including phenoxy) is 1. The number of carbonyl (C=O) groups excluding carboxylic acids is 2. The lowest BCUT2D eigenvalue weighted by Crippen LogP contribution is -2.47. The van der Waals surface area contributed by atoms with Crippen LogP contribution in [0.25, 0.3) is 0 Å². The van der Waals surface area contributed by atoms with Crippen molar-refractivity contribution in [3.05, 3.63) is 18.0 Å². The molecular weight excluding hydrogens is 370 g/mol. The van der Waals surface area contributed by atoms with Gasteiger partial charge in [0.1, 0.15) is 0 Å². The highest BCUT2D eigenvalue weighted by Crippen LogP contribution is 2.40. The Kier molecular flexibility index (Phi) is 6.20. The van der Waals surface area contributed by atoms with Crippen LogP contribution in [0.3, 0.4) is 0 Å². The van der Waals surface area contributed by atoms with Gasteiger partial charge in [0.15, 0.2) is 0 Å². The summed E-state index contributed by atoms with van der Waals surface area (Å²) in [5.41, 5.74) is 0.960. The molecule has 0 aliphatic carbocycles. The van der Waals surface area contributed by atoms with Gasteiger partial charge in [-0.2, -0.15) is 5.10 Å². The number of hydrogen-bond acceptors (Lipinski definition) is 5. The topological polar surface area (TPSA) is 90.6 Å². The first kappa shape index (κ1) is 20.3. The standard InChI is InChI=1S/C21H33N5O3/c1-25-17(2-3-18(25)15-22-20(28)16-13-23-24-14-16)12-19(27)26-8-4-21(5-9-26)6-10-29-11-7-21/h13-14,17-18H,2-12,15H2,1H3,(H,22,28)(H,23,24)/t17-,18+/m1/s1. The molecule has 8 heteroatoms. The van der Waals surface area contributed by atoms with Crippen molar-refractivity contribution >= 4 is 11.8 Å². The molecule has 160 valence electrons. The summed E-state index contributed by atoms with van der Waals surface area (Å²) in [4.78, 5) is 29.3. The average Bonchev–Trinajstić information content (AvgIpc) is 3.39. The van der Waals surface area contributed by atoms with Gasteiger partial charge in [0.25, 0.3) is 5.91 Å². The first-order valence-electron chi connectivity index (χ1n) is 10.9. The zero-order chi connectivity index (χ0) is 20.3. The molecule has 8 nitrogen and oxygen atoms in total. The number of aromatic nitrogens is 2. The van der Waals surface area contributed by atoms with Gasteiger partial charge in [-0.25, -0.2) is 0 Å². The number of H-pyrrole nitrogens is 1. The van der Waals surface area contributed by atoms with Gasteiger partial charge in [-0.05, 0) is 51.0 Å². The zero-order valence-electron chi connectivity index (χ0n) is 17.4. The molecule has 1 aromatic heterocycles. The average molecular weight is 404 g/mol. The number of likely N-dealkylation sites (tertiary alicyclic amines) is 2. The van der Waals surface area contributed by atoms with Crippen molar-refractivity contribution in [1.82, 2.24) is 25.3 Å². The molecule has 2 N–H and O–H groups in total. The second-order valence-corrected chi connectivity index (χ2v) is 8.94. The van der Waals surface area contributed by atoms with E-state index in [1.54, 1.807) is 6.20 Å². The van der Waals surface area contributed by atoms with E-state index in [0.29, 0.717) is 23.9 Å². The summed E-state index contributed by atoms with van der Waals surface area (Å²) in [6, 6.07) is 0.535. The Labute approximate surface area is 172 Å². The van der Waals surface area contributed by atoms with Gasteiger partial charge >= 0.3 is 0 Å². The molecule has 1 aromatic rings. The largest absolute Gasteiger partial charge is 0.381 e. The number of likely N-dealkylation sites (N-methyl/N-ethyl adjacent to an activating group) is 1. The predicted octanol–water partition coefficient (Wildman–Crippen LogP) is 1.41. The Balaban J connectivity index is 1.21. The van der Waals surface area contributed by atoms with Crippen molar-refractivity contribution < 1.29 is 14.3 Å². The number of aromatic amines is 1. The molecule has 3 saturated heterocycles.